The highest BCUT2D eigenvalue weighted by Gasteiger charge is 2.04. The molecule has 1 aromatic rings. The molecule has 1 rings (SSSR count). The van der Waals surface area contributed by atoms with Crippen LogP contribution in [-0.4, -0.2) is 31.4 Å². The van der Waals surface area contributed by atoms with Crippen LogP contribution in [-0.2, 0) is 4.79 Å². The molecular weight excluding hydrogens is 305 g/mol. The summed E-state index contributed by atoms with van der Waals surface area (Å²) >= 11 is 2.19. The normalized spacial score (nSPS) is 9.80. The molecule has 15 heavy (non-hydrogen) atoms. The Morgan fingerprint density at radius 1 is 1.53 bits per heavy atom. The second-order valence-electron chi connectivity index (χ2n) is 3.37. The Kier molecular flexibility index (Phi) is 4.19. The first-order valence-corrected chi connectivity index (χ1v) is 5.57. The molecule has 0 radical (unpaired) electrons. The molecule has 4 nitrogen and oxygen atoms in total. The second-order valence-corrected chi connectivity index (χ2v) is 4.62. The number of rotatable bonds is 3. The summed E-state index contributed by atoms with van der Waals surface area (Å²) in [5.74, 6) is 0.0212. The Bertz CT molecular complexity index is 366. The molecule has 0 saturated carbocycles. The molecular formula is C10H14IN3O. The van der Waals surface area contributed by atoms with Crippen LogP contribution < -0.4 is 11.1 Å². The van der Waals surface area contributed by atoms with Gasteiger partial charge in [0.25, 0.3) is 0 Å². The topological polar surface area (TPSA) is 58.4 Å². The number of nitrogen functional groups attached to an aromatic ring is 1. The molecule has 0 heterocycles. The quantitative estimate of drug-likeness (QED) is 0.654. The van der Waals surface area contributed by atoms with Crippen LogP contribution in [0.3, 0.4) is 0 Å². The van der Waals surface area contributed by atoms with Crippen LogP contribution in [0.5, 0.6) is 0 Å². The molecule has 1 aromatic carbocycles. The maximum atomic E-state index is 11.3. The van der Waals surface area contributed by atoms with Crippen LogP contribution in [0.25, 0.3) is 0 Å². The first-order chi connectivity index (χ1) is 7.00. The maximum Gasteiger partial charge on any atom is 0.241 e. The molecule has 1 amide bonds. The summed E-state index contributed by atoms with van der Waals surface area (Å²) in [4.78, 5) is 12.9. The number of carbonyl (C=O) groups is 1. The van der Waals surface area contributed by atoms with Crippen molar-refractivity contribution in [1.29, 1.82) is 0 Å². The van der Waals surface area contributed by atoms with Gasteiger partial charge >= 0.3 is 0 Å². The standard InChI is InChI=1S/C10H14IN3O/c1-14(2)10(15)6-13-9-4-3-7(11)5-8(9)12/h3-5,13H,6,12H2,1-2H3. The first kappa shape index (κ1) is 12.1. The van der Waals surface area contributed by atoms with Crippen molar-refractivity contribution in [2.75, 3.05) is 31.7 Å². The van der Waals surface area contributed by atoms with E-state index in [0.717, 1.165) is 9.26 Å². The molecule has 0 aromatic heterocycles. The Morgan fingerprint density at radius 2 is 2.20 bits per heavy atom. The molecule has 5 heteroatoms. The summed E-state index contributed by atoms with van der Waals surface area (Å²) in [5, 5.41) is 3.00. The van der Waals surface area contributed by atoms with E-state index in [0.29, 0.717) is 5.69 Å². The molecule has 0 aliphatic rings. The number of hydrogen-bond donors (Lipinski definition) is 2. The monoisotopic (exact) mass is 319 g/mol. The fraction of sp³-hybridized carbons (Fsp3) is 0.300. The van der Waals surface area contributed by atoms with E-state index in [1.165, 1.54) is 4.90 Å². The van der Waals surface area contributed by atoms with Crippen molar-refractivity contribution in [1.82, 2.24) is 4.90 Å². The molecule has 0 saturated heterocycles. The largest absolute Gasteiger partial charge is 0.397 e. The lowest BCUT2D eigenvalue weighted by atomic mass is 10.2. The fourth-order valence-corrected chi connectivity index (χ4v) is 1.54. The zero-order valence-electron chi connectivity index (χ0n) is 8.75. The number of nitrogens with one attached hydrogen (secondary N) is 1. The van der Waals surface area contributed by atoms with Crippen molar-refractivity contribution < 1.29 is 4.79 Å². The smallest absolute Gasteiger partial charge is 0.241 e. The van der Waals surface area contributed by atoms with Crippen molar-refractivity contribution in [2.24, 2.45) is 0 Å². The number of nitrogens with two attached hydrogens (primary N) is 1. The average Bonchev–Trinajstić information content (AvgIpc) is 2.15. The van der Waals surface area contributed by atoms with Gasteiger partial charge in [-0.3, -0.25) is 4.79 Å². The van der Waals surface area contributed by atoms with E-state index in [4.69, 9.17) is 5.73 Å². The van der Waals surface area contributed by atoms with Crippen LogP contribution in [0.1, 0.15) is 0 Å². The second kappa shape index (κ2) is 5.20. The minimum Gasteiger partial charge on any atom is -0.397 e. The zero-order valence-corrected chi connectivity index (χ0v) is 10.9. The maximum absolute atomic E-state index is 11.3. The summed E-state index contributed by atoms with van der Waals surface area (Å²) in [6.07, 6.45) is 0. The molecule has 0 aliphatic heterocycles. The van der Waals surface area contributed by atoms with Gasteiger partial charge in [0.1, 0.15) is 0 Å². The van der Waals surface area contributed by atoms with Crippen molar-refractivity contribution in [3.05, 3.63) is 21.8 Å². The zero-order chi connectivity index (χ0) is 11.4. The minimum absolute atomic E-state index is 0.0212. The van der Waals surface area contributed by atoms with E-state index in [1.54, 1.807) is 14.1 Å². The van der Waals surface area contributed by atoms with E-state index in [1.807, 2.05) is 18.2 Å². The summed E-state index contributed by atoms with van der Waals surface area (Å²) in [6, 6.07) is 5.68. The van der Waals surface area contributed by atoms with Crippen molar-refractivity contribution in [3.63, 3.8) is 0 Å². The van der Waals surface area contributed by atoms with E-state index >= 15 is 0 Å². The molecule has 0 atom stereocenters. The van der Waals surface area contributed by atoms with Gasteiger partial charge in [-0.25, -0.2) is 0 Å². The number of benzene rings is 1. The lowest BCUT2D eigenvalue weighted by Gasteiger charge is -2.13. The highest BCUT2D eigenvalue weighted by molar-refractivity contribution is 14.1. The molecule has 0 unspecified atom stereocenters. The van der Waals surface area contributed by atoms with Gasteiger partial charge in [0.05, 0.1) is 17.9 Å². The number of hydrogen-bond acceptors (Lipinski definition) is 3. The molecule has 0 bridgehead atoms. The SMILES string of the molecule is CN(C)C(=O)CNc1ccc(I)cc1N. The molecule has 0 aliphatic carbocycles. The Balaban J connectivity index is 2.62. The van der Waals surface area contributed by atoms with Crippen molar-refractivity contribution in [3.8, 4) is 0 Å². The number of halogens is 1. The summed E-state index contributed by atoms with van der Waals surface area (Å²) in [5.41, 5.74) is 7.25. The van der Waals surface area contributed by atoms with Crippen LogP contribution in [0, 0.1) is 3.57 Å². The highest BCUT2D eigenvalue weighted by atomic mass is 127. The van der Waals surface area contributed by atoms with Crippen LogP contribution in [0.15, 0.2) is 18.2 Å². The van der Waals surface area contributed by atoms with Gasteiger partial charge in [0, 0.05) is 17.7 Å². The third kappa shape index (κ3) is 3.58. The van der Waals surface area contributed by atoms with Gasteiger partial charge in [-0.15, -0.1) is 0 Å². The number of carbonyl (C=O) groups excluding carboxylic acids is 1. The lowest BCUT2D eigenvalue weighted by Crippen LogP contribution is -2.28. The first-order valence-electron chi connectivity index (χ1n) is 4.49. The van der Waals surface area contributed by atoms with Gasteiger partial charge in [-0.05, 0) is 40.8 Å². The molecule has 82 valence electrons. The third-order valence-corrected chi connectivity index (χ3v) is 2.61. The Hall–Kier alpha value is -0.980. The van der Waals surface area contributed by atoms with Gasteiger partial charge < -0.3 is 16.0 Å². The fourth-order valence-electron chi connectivity index (χ4n) is 1.02. The number of likely N-dealkylation sites (N-methyl/N-ethyl adjacent to an activating group) is 1. The third-order valence-electron chi connectivity index (χ3n) is 1.94. The van der Waals surface area contributed by atoms with Gasteiger partial charge in [0.2, 0.25) is 5.91 Å². The van der Waals surface area contributed by atoms with Crippen LogP contribution >= 0.6 is 22.6 Å². The number of nitrogens with zero attached hydrogens (tertiary/aromatic N) is 1. The van der Waals surface area contributed by atoms with E-state index in [9.17, 15) is 4.79 Å². The lowest BCUT2D eigenvalue weighted by molar-refractivity contribution is -0.126. The van der Waals surface area contributed by atoms with Crippen LogP contribution in [0.4, 0.5) is 11.4 Å². The summed E-state index contributed by atoms with van der Waals surface area (Å²) in [7, 11) is 3.45. The molecule has 3 N–H and O–H groups in total. The summed E-state index contributed by atoms with van der Waals surface area (Å²) in [6.45, 7) is 0.262. The van der Waals surface area contributed by atoms with Gasteiger partial charge in [0.15, 0.2) is 0 Å². The minimum atomic E-state index is 0.0212. The molecule has 0 fully saturated rings. The van der Waals surface area contributed by atoms with Crippen molar-refractivity contribution in [2.45, 2.75) is 0 Å². The average molecular weight is 319 g/mol. The highest BCUT2D eigenvalue weighted by Crippen LogP contribution is 2.20. The van der Waals surface area contributed by atoms with Gasteiger partial charge in [-0.2, -0.15) is 0 Å². The number of amides is 1. The number of anilines is 2. The van der Waals surface area contributed by atoms with Crippen molar-refractivity contribution >= 4 is 39.9 Å². The van der Waals surface area contributed by atoms with Gasteiger partial charge in [-0.1, -0.05) is 0 Å². The molecule has 0 spiro atoms. The van der Waals surface area contributed by atoms with E-state index < -0.39 is 0 Å². The predicted octanol–water partition coefficient (Wildman–Crippen LogP) is 1.37. The predicted molar refractivity (Wildman–Crippen MR) is 70.8 cm³/mol. The Labute approximate surface area is 103 Å². The van der Waals surface area contributed by atoms with E-state index in [-0.39, 0.29) is 12.5 Å². The Morgan fingerprint density at radius 3 is 2.73 bits per heavy atom. The van der Waals surface area contributed by atoms with Crippen LogP contribution in [0.2, 0.25) is 0 Å². The summed E-state index contributed by atoms with van der Waals surface area (Å²) < 4.78 is 1.08. The van der Waals surface area contributed by atoms with E-state index in [2.05, 4.69) is 27.9 Å².